The molecule has 0 aromatic heterocycles. The molecule has 2 N–H and O–H groups in total. The standard InChI is InChI=1S/C12H12ClFN2O2/c1-6-2-11(17)16(12(18)3-6)10-5-9(15)7(13)4-8(10)14/h4-6H,2-3,15H2,1H3. The van der Waals surface area contributed by atoms with E-state index in [1.165, 1.54) is 6.07 Å². The molecule has 1 aromatic rings. The van der Waals surface area contributed by atoms with Gasteiger partial charge in [-0.1, -0.05) is 18.5 Å². The first-order valence-corrected chi connectivity index (χ1v) is 5.88. The van der Waals surface area contributed by atoms with Gasteiger partial charge in [-0.25, -0.2) is 9.29 Å². The summed E-state index contributed by atoms with van der Waals surface area (Å²) in [4.78, 5) is 24.5. The fraction of sp³-hybridized carbons (Fsp3) is 0.333. The van der Waals surface area contributed by atoms with Gasteiger partial charge < -0.3 is 5.73 Å². The van der Waals surface area contributed by atoms with Gasteiger partial charge in [-0.2, -0.15) is 0 Å². The Hall–Kier alpha value is -1.62. The van der Waals surface area contributed by atoms with Gasteiger partial charge in [0.1, 0.15) is 5.82 Å². The topological polar surface area (TPSA) is 63.4 Å². The molecule has 96 valence electrons. The molecule has 4 nitrogen and oxygen atoms in total. The van der Waals surface area contributed by atoms with Crippen LogP contribution in [0.1, 0.15) is 19.8 Å². The van der Waals surface area contributed by atoms with E-state index in [9.17, 15) is 14.0 Å². The largest absolute Gasteiger partial charge is 0.397 e. The van der Waals surface area contributed by atoms with Crippen LogP contribution in [-0.4, -0.2) is 11.8 Å². The van der Waals surface area contributed by atoms with E-state index in [4.69, 9.17) is 17.3 Å². The number of hydrogen-bond acceptors (Lipinski definition) is 3. The second kappa shape index (κ2) is 4.57. The zero-order chi connectivity index (χ0) is 13.4. The van der Waals surface area contributed by atoms with Crippen molar-refractivity contribution in [1.82, 2.24) is 0 Å². The minimum Gasteiger partial charge on any atom is -0.397 e. The van der Waals surface area contributed by atoms with Crippen LogP contribution in [0.5, 0.6) is 0 Å². The first kappa shape index (κ1) is 12.8. The van der Waals surface area contributed by atoms with Crippen LogP contribution in [0.2, 0.25) is 5.02 Å². The van der Waals surface area contributed by atoms with E-state index in [2.05, 4.69) is 0 Å². The van der Waals surface area contributed by atoms with Crippen LogP contribution in [-0.2, 0) is 9.59 Å². The first-order chi connectivity index (χ1) is 8.40. The SMILES string of the molecule is CC1CC(=O)N(c2cc(N)c(Cl)cc2F)C(=O)C1. The lowest BCUT2D eigenvalue weighted by molar-refractivity contribution is -0.130. The molecule has 1 fully saturated rings. The highest BCUT2D eigenvalue weighted by Gasteiger charge is 2.33. The third-order valence-electron chi connectivity index (χ3n) is 2.85. The lowest BCUT2D eigenvalue weighted by Crippen LogP contribution is -2.43. The van der Waals surface area contributed by atoms with Gasteiger partial charge in [0.25, 0.3) is 0 Å². The van der Waals surface area contributed by atoms with Gasteiger partial charge in [0.2, 0.25) is 11.8 Å². The Morgan fingerprint density at radius 1 is 1.33 bits per heavy atom. The van der Waals surface area contributed by atoms with Crippen molar-refractivity contribution in [2.75, 3.05) is 10.6 Å². The van der Waals surface area contributed by atoms with Crippen molar-refractivity contribution >= 4 is 34.8 Å². The molecule has 1 aromatic carbocycles. The number of nitrogen functional groups attached to an aromatic ring is 1. The van der Waals surface area contributed by atoms with E-state index in [1.807, 2.05) is 0 Å². The molecule has 0 atom stereocenters. The van der Waals surface area contributed by atoms with Crippen molar-refractivity contribution in [3.8, 4) is 0 Å². The van der Waals surface area contributed by atoms with Gasteiger partial charge in [0.15, 0.2) is 0 Å². The van der Waals surface area contributed by atoms with Crippen LogP contribution in [0.15, 0.2) is 12.1 Å². The minimum atomic E-state index is -0.731. The normalized spacial score (nSPS) is 17.4. The van der Waals surface area contributed by atoms with E-state index < -0.39 is 17.6 Å². The molecule has 1 aliphatic heterocycles. The summed E-state index contributed by atoms with van der Waals surface area (Å²) in [5.74, 6) is -1.59. The van der Waals surface area contributed by atoms with Crippen LogP contribution in [0.4, 0.5) is 15.8 Å². The van der Waals surface area contributed by atoms with Crippen molar-refractivity contribution < 1.29 is 14.0 Å². The summed E-state index contributed by atoms with van der Waals surface area (Å²) in [6.07, 6.45) is 0.432. The molecule has 0 saturated carbocycles. The maximum Gasteiger partial charge on any atom is 0.234 e. The van der Waals surface area contributed by atoms with Gasteiger partial charge in [0, 0.05) is 12.8 Å². The minimum absolute atomic E-state index is 0.0195. The number of nitrogens with zero attached hydrogens (tertiary/aromatic N) is 1. The molecular weight excluding hydrogens is 259 g/mol. The van der Waals surface area contributed by atoms with Crippen LogP contribution in [0.3, 0.4) is 0 Å². The smallest absolute Gasteiger partial charge is 0.234 e. The quantitative estimate of drug-likeness (QED) is 0.629. The Morgan fingerprint density at radius 3 is 2.44 bits per heavy atom. The predicted octanol–water partition coefficient (Wildman–Crippen LogP) is 2.35. The zero-order valence-corrected chi connectivity index (χ0v) is 10.5. The van der Waals surface area contributed by atoms with E-state index in [0.717, 1.165) is 11.0 Å². The Balaban J connectivity index is 2.45. The second-order valence-corrected chi connectivity index (χ2v) is 4.87. The molecule has 18 heavy (non-hydrogen) atoms. The molecule has 2 rings (SSSR count). The van der Waals surface area contributed by atoms with Crippen molar-refractivity contribution in [2.24, 2.45) is 5.92 Å². The average molecular weight is 271 g/mol. The van der Waals surface area contributed by atoms with E-state index in [1.54, 1.807) is 6.92 Å². The van der Waals surface area contributed by atoms with Crippen molar-refractivity contribution in [3.05, 3.63) is 23.0 Å². The third kappa shape index (κ3) is 2.18. The monoisotopic (exact) mass is 270 g/mol. The predicted molar refractivity (Wildman–Crippen MR) is 66.7 cm³/mol. The van der Waals surface area contributed by atoms with Crippen LogP contribution < -0.4 is 10.6 Å². The van der Waals surface area contributed by atoms with E-state index in [0.29, 0.717) is 0 Å². The van der Waals surface area contributed by atoms with Gasteiger partial charge in [-0.15, -0.1) is 0 Å². The molecule has 0 aliphatic carbocycles. The molecule has 0 bridgehead atoms. The van der Waals surface area contributed by atoms with Gasteiger partial charge in [-0.3, -0.25) is 9.59 Å². The summed E-state index contributed by atoms with van der Waals surface area (Å²) in [5.41, 5.74) is 5.57. The summed E-state index contributed by atoms with van der Waals surface area (Å²) in [6, 6.07) is 2.22. The van der Waals surface area contributed by atoms with Crippen molar-refractivity contribution in [2.45, 2.75) is 19.8 Å². The van der Waals surface area contributed by atoms with Gasteiger partial charge in [0.05, 0.1) is 16.4 Å². The summed E-state index contributed by atoms with van der Waals surface area (Å²) < 4.78 is 13.8. The first-order valence-electron chi connectivity index (χ1n) is 5.50. The van der Waals surface area contributed by atoms with Gasteiger partial charge >= 0.3 is 0 Å². The summed E-state index contributed by atoms with van der Waals surface area (Å²) >= 11 is 5.67. The highest BCUT2D eigenvalue weighted by molar-refractivity contribution is 6.33. The lowest BCUT2D eigenvalue weighted by Gasteiger charge is -2.28. The van der Waals surface area contributed by atoms with Gasteiger partial charge in [-0.05, 0) is 18.1 Å². The Morgan fingerprint density at radius 2 is 1.89 bits per heavy atom. The number of hydrogen-bond donors (Lipinski definition) is 1. The molecule has 1 aliphatic rings. The molecule has 2 amide bonds. The molecule has 0 spiro atoms. The van der Waals surface area contributed by atoms with Crippen LogP contribution in [0.25, 0.3) is 0 Å². The number of amides is 2. The van der Waals surface area contributed by atoms with E-state index >= 15 is 0 Å². The third-order valence-corrected chi connectivity index (χ3v) is 3.18. The number of carbonyl (C=O) groups is 2. The molecule has 0 radical (unpaired) electrons. The molecule has 0 unspecified atom stereocenters. The Bertz CT molecular complexity index is 515. The van der Waals surface area contributed by atoms with Crippen molar-refractivity contribution in [1.29, 1.82) is 0 Å². The van der Waals surface area contributed by atoms with Crippen molar-refractivity contribution in [3.63, 3.8) is 0 Å². The number of halogens is 2. The van der Waals surface area contributed by atoms with Crippen LogP contribution >= 0.6 is 11.6 Å². The lowest BCUT2D eigenvalue weighted by atomic mass is 9.97. The summed E-state index contributed by atoms with van der Waals surface area (Å²) in [6.45, 7) is 1.81. The number of piperidine rings is 1. The number of anilines is 2. The molecule has 6 heteroatoms. The second-order valence-electron chi connectivity index (χ2n) is 4.46. The number of imide groups is 1. The average Bonchev–Trinajstić information content (AvgIpc) is 2.24. The number of benzene rings is 1. The molecule has 1 saturated heterocycles. The number of rotatable bonds is 1. The molecule has 1 heterocycles. The highest BCUT2D eigenvalue weighted by atomic mass is 35.5. The maximum absolute atomic E-state index is 13.8. The maximum atomic E-state index is 13.8. The molecular formula is C12H12ClFN2O2. The fourth-order valence-corrected chi connectivity index (χ4v) is 2.13. The number of carbonyl (C=O) groups excluding carboxylic acids is 2. The Kier molecular flexibility index (Phi) is 3.26. The summed E-state index contributed by atoms with van der Waals surface area (Å²) in [7, 11) is 0. The summed E-state index contributed by atoms with van der Waals surface area (Å²) in [5, 5.41) is 0.0570. The highest BCUT2D eigenvalue weighted by Crippen LogP contribution is 2.32. The Labute approximate surface area is 109 Å². The zero-order valence-electron chi connectivity index (χ0n) is 9.74. The number of nitrogens with two attached hydrogens (primary N) is 1. The van der Waals surface area contributed by atoms with E-state index in [-0.39, 0.29) is 35.2 Å². The fourth-order valence-electron chi connectivity index (χ4n) is 1.98. The van der Waals surface area contributed by atoms with Crippen LogP contribution in [0, 0.1) is 11.7 Å².